The van der Waals surface area contributed by atoms with Gasteiger partial charge in [-0.1, -0.05) is 17.7 Å². The number of carbonyl (C=O) groups excluding carboxylic acids is 1. The van der Waals surface area contributed by atoms with Crippen molar-refractivity contribution < 1.29 is 24.6 Å². The average molecular weight is 317 g/mol. The van der Waals surface area contributed by atoms with Crippen LogP contribution in [0.15, 0.2) is 18.2 Å². The van der Waals surface area contributed by atoms with E-state index in [1.807, 2.05) is 38.1 Å². The summed E-state index contributed by atoms with van der Waals surface area (Å²) in [5.41, 5.74) is 1.67. The second kappa shape index (κ2) is 8.93. The molecule has 1 amide bonds. The Morgan fingerprint density at radius 2 is 1.71 bits per heavy atom. The third kappa shape index (κ3) is 7.91. The Bertz CT molecular complexity index is 519. The molecule has 0 aromatic heterocycles. The molecule has 0 saturated heterocycles. The standard InChI is InChI=1S/C11H15ClN2O.C2H2O4/c1-8-9(12)5-4-6-10(8)13-11(15)7-14(2)3;3-1(4)2(5)6/h4-6H,7H2,1-3H3,(H,13,15);(H,3,4)(H,5,6). The van der Waals surface area contributed by atoms with E-state index < -0.39 is 11.9 Å². The van der Waals surface area contributed by atoms with Gasteiger partial charge in [0, 0.05) is 10.7 Å². The third-order valence-corrected chi connectivity index (χ3v) is 2.59. The molecule has 3 N–H and O–H groups in total. The number of anilines is 1. The van der Waals surface area contributed by atoms with E-state index in [4.69, 9.17) is 31.4 Å². The van der Waals surface area contributed by atoms with E-state index in [0.717, 1.165) is 11.3 Å². The first-order chi connectivity index (χ1) is 9.65. The minimum atomic E-state index is -1.82. The van der Waals surface area contributed by atoms with Gasteiger partial charge >= 0.3 is 11.9 Å². The maximum Gasteiger partial charge on any atom is 0.414 e. The Morgan fingerprint density at radius 1 is 1.19 bits per heavy atom. The highest BCUT2D eigenvalue weighted by atomic mass is 35.5. The highest BCUT2D eigenvalue weighted by Gasteiger charge is 2.07. The smallest absolute Gasteiger partial charge is 0.414 e. The van der Waals surface area contributed by atoms with Gasteiger partial charge in [0.1, 0.15) is 0 Å². The van der Waals surface area contributed by atoms with E-state index in [0.29, 0.717) is 11.6 Å². The number of rotatable bonds is 3. The van der Waals surface area contributed by atoms with Gasteiger partial charge in [-0.25, -0.2) is 9.59 Å². The number of hydrogen-bond acceptors (Lipinski definition) is 4. The molecule has 0 spiro atoms. The topological polar surface area (TPSA) is 107 Å². The number of amides is 1. The SMILES string of the molecule is Cc1c(Cl)cccc1NC(=O)CN(C)C.O=C(O)C(=O)O. The Morgan fingerprint density at radius 3 is 2.14 bits per heavy atom. The van der Waals surface area contributed by atoms with Gasteiger partial charge in [-0.15, -0.1) is 0 Å². The molecule has 21 heavy (non-hydrogen) atoms. The summed E-state index contributed by atoms with van der Waals surface area (Å²) < 4.78 is 0. The monoisotopic (exact) mass is 316 g/mol. The summed E-state index contributed by atoms with van der Waals surface area (Å²) in [5.74, 6) is -3.68. The molecule has 7 nitrogen and oxygen atoms in total. The minimum absolute atomic E-state index is 0.0367. The Hall–Kier alpha value is -2.12. The quantitative estimate of drug-likeness (QED) is 0.726. The molecule has 0 fully saturated rings. The number of carbonyl (C=O) groups is 3. The van der Waals surface area contributed by atoms with Gasteiger partial charge < -0.3 is 20.4 Å². The number of nitrogens with zero attached hydrogens (tertiary/aromatic N) is 1. The maximum absolute atomic E-state index is 11.5. The number of nitrogens with one attached hydrogen (secondary N) is 1. The largest absolute Gasteiger partial charge is 0.473 e. The minimum Gasteiger partial charge on any atom is -0.473 e. The summed E-state index contributed by atoms with van der Waals surface area (Å²) in [6, 6.07) is 5.47. The van der Waals surface area contributed by atoms with Gasteiger partial charge in [-0.3, -0.25) is 4.79 Å². The fourth-order valence-electron chi connectivity index (χ4n) is 1.22. The van der Waals surface area contributed by atoms with Crippen LogP contribution in [0.2, 0.25) is 5.02 Å². The van der Waals surface area contributed by atoms with Gasteiger partial charge in [0.15, 0.2) is 0 Å². The summed E-state index contributed by atoms with van der Waals surface area (Å²) in [6.07, 6.45) is 0. The van der Waals surface area contributed by atoms with Crippen molar-refractivity contribution in [1.82, 2.24) is 4.90 Å². The highest BCUT2D eigenvalue weighted by Crippen LogP contribution is 2.22. The van der Waals surface area contributed by atoms with Gasteiger partial charge in [-0.2, -0.15) is 0 Å². The maximum atomic E-state index is 11.5. The van der Waals surface area contributed by atoms with Gasteiger partial charge in [0.25, 0.3) is 0 Å². The molecular weight excluding hydrogens is 300 g/mol. The summed E-state index contributed by atoms with van der Waals surface area (Å²) >= 11 is 5.94. The van der Waals surface area contributed by atoms with Crippen molar-refractivity contribution >= 4 is 35.1 Å². The van der Waals surface area contributed by atoms with Crippen LogP contribution in [0.25, 0.3) is 0 Å². The van der Waals surface area contributed by atoms with E-state index in [9.17, 15) is 4.79 Å². The predicted molar refractivity (Wildman–Crippen MR) is 78.6 cm³/mol. The molecule has 1 aromatic carbocycles. The molecule has 1 aromatic rings. The number of hydrogen-bond donors (Lipinski definition) is 3. The van der Waals surface area contributed by atoms with Crippen molar-refractivity contribution in [1.29, 1.82) is 0 Å². The summed E-state index contributed by atoms with van der Waals surface area (Å²) in [6.45, 7) is 2.25. The molecule has 0 aliphatic carbocycles. The molecule has 116 valence electrons. The van der Waals surface area contributed by atoms with Crippen molar-refractivity contribution in [3.05, 3.63) is 28.8 Å². The van der Waals surface area contributed by atoms with Crippen molar-refractivity contribution in [2.75, 3.05) is 26.0 Å². The summed E-state index contributed by atoms with van der Waals surface area (Å²) in [5, 5.41) is 18.3. The zero-order chi connectivity index (χ0) is 16.6. The summed E-state index contributed by atoms with van der Waals surface area (Å²) in [7, 11) is 3.70. The molecular formula is C13H17ClN2O5. The number of benzene rings is 1. The summed E-state index contributed by atoms with van der Waals surface area (Å²) in [4.78, 5) is 31.5. The highest BCUT2D eigenvalue weighted by molar-refractivity contribution is 6.31. The van der Waals surface area contributed by atoms with E-state index in [1.54, 1.807) is 6.07 Å². The molecule has 0 aliphatic heterocycles. The number of carboxylic acids is 2. The first-order valence-electron chi connectivity index (χ1n) is 5.81. The lowest BCUT2D eigenvalue weighted by Crippen LogP contribution is -2.27. The molecule has 0 saturated carbocycles. The molecule has 1 rings (SSSR count). The van der Waals surface area contributed by atoms with Crippen molar-refractivity contribution in [2.24, 2.45) is 0 Å². The Balaban J connectivity index is 0.000000567. The number of halogens is 1. The second-order valence-electron chi connectivity index (χ2n) is 4.31. The molecule has 0 bridgehead atoms. The number of carboxylic acid groups (broad SMARTS) is 2. The number of aliphatic carboxylic acids is 2. The normalized spacial score (nSPS) is 9.57. The Kier molecular flexibility index (Phi) is 8.03. The molecule has 8 heteroatoms. The average Bonchev–Trinajstić information content (AvgIpc) is 2.34. The van der Waals surface area contributed by atoms with E-state index in [-0.39, 0.29) is 5.91 Å². The predicted octanol–water partition coefficient (Wildman–Crippen LogP) is 1.30. The van der Waals surface area contributed by atoms with Crippen LogP contribution >= 0.6 is 11.6 Å². The van der Waals surface area contributed by atoms with Crippen molar-refractivity contribution in [3.63, 3.8) is 0 Å². The van der Waals surface area contributed by atoms with Crippen molar-refractivity contribution in [2.45, 2.75) is 6.92 Å². The number of likely N-dealkylation sites (N-methyl/N-ethyl adjacent to an activating group) is 1. The van der Waals surface area contributed by atoms with E-state index in [1.165, 1.54) is 0 Å². The van der Waals surface area contributed by atoms with Gasteiger partial charge in [-0.05, 0) is 38.7 Å². The van der Waals surface area contributed by atoms with Crippen LogP contribution in [0.3, 0.4) is 0 Å². The lowest BCUT2D eigenvalue weighted by atomic mass is 10.2. The van der Waals surface area contributed by atoms with Gasteiger partial charge in [0.05, 0.1) is 6.54 Å². The molecule has 0 radical (unpaired) electrons. The third-order valence-electron chi connectivity index (χ3n) is 2.18. The molecule has 0 aliphatic rings. The van der Waals surface area contributed by atoms with Crippen LogP contribution in [0.1, 0.15) is 5.56 Å². The molecule has 0 unspecified atom stereocenters. The van der Waals surface area contributed by atoms with Crippen LogP contribution in [0.5, 0.6) is 0 Å². The lowest BCUT2D eigenvalue weighted by molar-refractivity contribution is -0.159. The molecule has 0 heterocycles. The van der Waals surface area contributed by atoms with Crippen LogP contribution in [0, 0.1) is 6.92 Å². The zero-order valence-corrected chi connectivity index (χ0v) is 12.6. The van der Waals surface area contributed by atoms with E-state index in [2.05, 4.69) is 5.32 Å². The van der Waals surface area contributed by atoms with Crippen LogP contribution in [0.4, 0.5) is 5.69 Å². The first kappa shape index (κ1) is 18.9. The zero-order valence-electron chi connectivity index (χ0n) is 11.9. The van der Waals surface area contributed by atoms with Gasteiger partial charge in [0.2, 0.25) is 5.91 Å². The van der Waals surface area contributed by atoms with Crippen LogP contribution in [-0.4, -0.2) is 53.6 Å². The Labute approximate surface area is 127 Å². The van der Waals surface area contributed by atoms with Crippen LogP contribution < -0.4 is 5.32 Å². The van der Waals surface area contributed by atoms with Crippen molar-refractivity contribution in [3.8, 4) is 0 Å². The van der Waals surface area contributed by atoms with Crippen LogP contribution in [-0.2, 0) is 14.4 Å². The lowest BCUT2D eigenvalue weighted by Gasteiger charge is -2.12. The molecule has 0 atom stereocenters. The first-order valence-corrected chi connectivity index (χ1v) is 6.18. The fourth-order valence-corrected chi connectivity index (χ4v) is 1.39. The second-order valence-corrected chi connectivity index (χ2v) is 4.72. The fraction of sp³-hybridized carbons (Fsp3) is 0.308. The van der Waals surface area contributed by atoms with E-state index >= 15 is 0 Å².